The third-order valence-corrected chi connectivity index (χ3v) is 4.94. The summed E-state index contributed by atoms with van der Waals surface area (Å²) in [5.74, 6) is 0. The normalized spacial score (nSPS) is 28.4. The summed E-state index contributed by atoms with van der Waals surface area (Å²) in [6.07, 6.45) is 3.34. The van der Waals surface area contributed by atoms with E-state index in [1.807, 2.05) is 31.2 Å². The van der Waals surface area contributed by atoms with Gasteiger partial charge in [0.25, 0.3) is 0 Å². The molecule has 5 atom stereocenters. The number of benzene rings is 1. The highest BCUT2D eigenvalue weighted by Crippen LogP contribution is 2.34. The second-order valence-corrected chi connectivity index (χ2v) is 6.77. The molecule has 126 valence electrons. The molecule has 0 saturated carbocycles. The van der Waals surface area contributed by atoms with Crippen LogP contribution in [0.15, 0.2) is 24.3 Å². The van der Waals surface area contributed by atoms with Gasteiger partial charge in [0.2, 0.25) is 0 Å². The van der Waals surface area contributed by atoms with E-state index < -0.39 is 0 Å². The van der Waals surface area contributed by atoms with E-state index in [0.29, 0.717) is 11.1 Å². The molecular formula is C17H23ClN2O3. The molecule has 0 aliphatic carbocycles. The van der Waals surface area contributed by atoms with Crippen LogP contribution in [0.1, 0.15) is 37.9 Å². The van der Waals surface area contributed by atoms with Crippen LogP contribution >= 0.6 is 11.6 Å². The number of fused-ring (bicyclic) bond motifs is 2. The van der Waals surface area contributed by atoms with Gasteiger partial charge in [-0.2, -0.15) is 0 Å². The Morgan fingerprint density at radius 1 is 1.35 bits per heavy atom. The Bertz CT molecular complexity index is 551. The number of carbonyl (C=O) groups is 1. The van der Waals surface area contributed by atoms with E-state index in [1.165, 1.54) is 0 Å². The number of rotatable bonds is 5. The van der Waals surface area contributed by atoms with Crippen molar-refractivity contribution in [3.05, 3.63) is 34.9 Å². The van der Waals surface area contributed by atoms with Gasteiger partial charge in [-0.3, -0.25) is 0 Å². The molecule has 2 bridgehead atoms. The minimum absolute atomic E-state index is 0.123. The Morgan fingerprint density at radius 3 is 2.65 bits per heavy atom. The molecule has 2 amide bonds. The summed E-state index contributed by atoms with van der Waals surface area (Å²) in [6, 6.07) is 7.25. The van der Waals surface area contributed by atoms with Crippen LogP contribution in [0.4, 0.5) is 4.79 Å². The molecule has 0 spiro atoms. The lowest BCUT2D eigenvalue weighted by Gasteiger charge is -2.26. The predicted molar refractivity (Wildman–Crippen MR) is 88.6 cm³/mol. The average molecular weight is 339 g/mol. The van der Waals surface area contributed by atoms with Crippen molar-refractivity contribution in [1.29, 1.82) is 0 Å². The van der Waals surface area contributed by atoms with Gasteiger partial charge in [-0.05, 0) is 43.9 Å². The molecule has 2 saturated heterocycles. The maximum atomic E-state index is 12.2. The molecule has 1 aromatic rings. The SMILES string of the molecule is CO[C@H](c1ccc(Cl)cc1)[C@@H](C)NC(=O)N[C@@H]1C[C@H]2CC[C@H]1O2. The molecule has 2 fully saturated rings. The van der Waals surface area contributed by atoms with Gasteiger partial charge in [0.15, 0.2) is 0 Å². The van der Waals surface area contributed by atoms with E-state index in [-0.39, 0.29) is 30.3 Å². The third kappa shape index (κ3) is 3.79. The number of urea groups is 1. The van der Waals surface area contributed by atoms with Gasteiger partial charge < -0.3 is 20.1 Å². The third-order valence-electron chi connectivity index (χ3n) is 4.69. The molecule has 1 aromatic carbocycles. The first-order valence-corrected chi connectivity index (χ1v) is 8.45. The number of halogens is 1. The number of ether oxygens (including phenoxy) is 2. The zero-order valence-corrected chi connectivity index (χ0v) is 14.2. The second-order valence-electron chi connectivity index (χ2n) is 6.33. The molecule has 2 heterocycles. The quantitative estimate of drug-likeness (QED) is 0.867. The topological polar surface area (TPSA) is 59.6 Å². The van der Waals surface area contributed by atoms with Gasteiger partial charge >= 0.3 is 6.03 Å². The fourth-order valence-electron chi connectivity index (χ4n) is 3.56. The van der Waals surface area contributed by atoms with Crippen LogP contribution in [-0.2, 0) is 9.47 Å². The van der Waals surface area contributed by atoms with Crippen molar-refractivity contribution in [3.8, 4) is 0 Å². The molecule has 5 nitrogen and oxygen atoms in total. The molecule has 0 aromatic heterocycles. The number of carbonyl (C=O) groups excluding carboxylic acids is 1. The fraction of sp³-hybridized carbons (Fsp3) is 0.588. The van der Waals surface area contributed by atoms with Crippen molar-refractivity contribution in [2.75, 3.05) is 7.11 Å². The van der Waals surface area contributed by atoms with Crippen LogP contribution in [0, 0.1) is 0 Å². The highest BCUT2D eigenvalue weighted by atomic mass is 35.5. The Hall–Kier alpha value is -1.30. The van der Waals surface area contributed by atoms with E-state index in [9.17, 15) is 4.79 Å². The first kappa shape index (κ1) is 16.6. The van der Waals surface area contributed by atoms with E-state index in [1.54, 1.807) is 7.11 Å². The summed E-state index contributed by atoms with van der Waals surface area (Å²) in [5, 5.41) is 6.67. The summed E-state index contributed by atoms with van der Waals surface area (Å²) in [5.41, 5.74) is 0.980. The van der Waals surface area contributed by atoms with Crippen molar-refractivity contribution >= 4 is 17.6 Å². The van der Waals surface area contributed by atoms with Crippen LogP contribution in [0.5, 0.6) is 0 Å². The standard InChI is InChI=1S/C17H23ClN2O3/c1-10(16(22-2)11-3-5-12(18)6-4-11)19-17(21)20-14-9-13-7-8-15(14)23-13/h3-6,10,13-16H,7-9H2,1-2H3,(H2,19,20,21)/t10-,13-,14-,15-,16+/m1/s1. The first-order chi connectivity index (χ1) is 11.1. The van der Waals surface area contributed by atoms with Crippen molar-refractivity contribution in [2.24, 2.45) is 0 Å². The van der Waals surface area contributed by atoms with Crippen molar-refractivity contribution in [1.82, 2.24) is 10.6 Å². The Labute approximate surface area is 141 Å². The molecule has 2 aliphatic rings. The molecule has 2 N–H and O–H groups in total. The van der Waals surface area contributed by atoms with Crippen molar-refractivity contribution in [2.45, 2.75) is 56.6 Å². The summed E-state index contributed by atoms with van der Waals surface area (Å²) >= 11 is 5.92. The molecule has 0 unspecified atom stereocenters. The van der Waals surface area contributed by atoms with Crippen LogP contribution in [0.25, 0.3) is 0 Å². The molecule has 3 rings (SSSR count). The maximum Gasteiger partial charge on any atom is 0.315 e. The molecular weight excluding hydrogens is 316 g/mol. The number of hydrogen-bond donors (Lipinski definition) is 2. The lowest BCUT2D eigenvalue weighted by atomic mass is 9.96. The van der Waals surface area contributed by atoms with Crippen LogP contribution in [-0.4, -0.2) is 37.4 Å². The summed E-state index contributed by atoms with van der Waals surface area (Å²) in [4.78, 5) is 12.2. The smallest absolute Gasteiger partial charge is 0.315 e. The van der Waals surface area contributed by atoms with Crippen molar-refractivity contribution in [3.63, 3.8) is 0 Å². The van der Waals surface area contributed by atoms with Gasteiger partial charge in [-0.15, -0.1) is 0 Å². The van der Waals surface area contributed by atoms with Gasteiger partial charge in [-0.1, -0.05) is 23.7 Å². The second kappa shape index (κ2) is 7.07. The number of hydrogen-bond acceptors (Lipinski definition) is 3. The minimum Gasteiger partial charge on any atom is -0.375 e. The predicted octanol–water partition coefficient (Wildman–Crippen LogP) is 3.04. The summed E-state index contributed by atoms with van der Waals surface area (Å²) < 4.78 is 11.3. The molecule has 0 radical (unpaired) electrons. The summed E-state index contributed by atoms with van der Waals surface area (Å²) in [7, 11) is 1.64. The van der Waals surface area contributed by atoms with Crippen molar-refractivity contribution < 1.29 is 14.3 Å². The van der Waals surface area contributed by atoms with Crippen LogP contribution in [0.3, 0.4) is 0 Å². The van der Waals surface area contributed by atoms with E-state index >= 15 is 0 Å². The largest absolute Gasteiger partial charge is 0.375 e. The summed E-state index contributed by atoms with van der Waals surface area (Å²) in [6.45, 7) is 1.93. The average Bonchev–Trinajstić information content (AvgIpc) is 3.12. The Balaban J connectivity index is 1.55. The molecule has 6 heteroatoms. The van der Waals surface area contributed by atoms with Gasteiger partial charge in [0.1, 0.15) is 6.10 Å². The van der Waals surface area contributed by atoms with E-state index in [0.717, 1.165) is 24.8 Å². The number of amides is 2. The highest BCUT2D eigenvalue weighted by molar-refractivity contribution is 6.30. The highest BCUT2D eigenvalue weighted by Gasteiger charge is 2.41. The lowest BCUT2D eigenvalue weighted by Crippen LogP contribution is -2.50. The van der Waals surface area contributed by atoms with Gasteiger partial charge in [-0.25, -0.2) is 4.79 Å². The number of methoxy groups -OCH3 is 1. The lowest BCUT2D eigenvalue weighted by molar-refractivity contribution is 0.0753. The van der Waals surface area contributed by atoms with Gasteiger partial charge in [0.05, 0.1) is 24.3 Å². The monoisotopic (exact) mass is 338 g/mol. The molecule has 23 heavy (non-hydrogen) atoms. The Morgan fingerprint density at radius 2 is 2.09 bits per heavy atom. The van der Waals surface area contributed by atoms with E-state index in [4.69, 9.17) is 21.1 Å². The first-order valence-electron chi connectivity index (χ1n) is 8.07. The zero-order chi connectivity index (χ0) is 16.4. The fourth-order valence-corrected chi connectivity index (χ4v) is 3.69. The minimum atomic E-state index is -0.228. The van der Waals surface area contributed by atoms with Crippen LogP contribution in [0.2, 0.25) is 5.02 Å². The molecule has 2 aliphatic heterocycles. The van der Waals surface area contributed by atoms with Crippen LogP contribution < -0.4 is 10.6 Å². The maximum absolute atomic E-state index is 12.2. The van der Waals surface area contributed by atoms with E-state index in [2.05, 4.69) is 10.6 Å². The van der Waals surface area contributed by atoms with Gasteiger partial charge in [0, 0.05) is 12.1 Å². The Kier molecular flexibility index (Phi) is 5.09. The zero-order valence-electron chi connectivity index (χ0n) is 13.4. The number of nitrogens with one attached hydrogen (secondary N) is 2.